The number of carbonyl (C=O) groups is 1. The minimum Gasteiger partial charge on any atom is -0.459 e. The highest BCUT2D eigenvalue weighted by atomic mass is 19.4. The van der Waals surface area contributed by atoms with Gasteiger partial charge in [0.2, 0.25) is 5.82 Å². The lowest BCUT2D eigenvalue weighted by atomic mass is 10.2. The third-order valence-corrected chi connectivity index (χ3v) is 5.20. The molecule has 2 fully saturated rings. The Bertz CT molecular complexity index is 1030. The van der Waals surface area contributed by atoms with Crippen LogP contribution in [0.2, 0.25) is 0 Å². The lowest BCUT2D eigenvalue weighted by Gasteiger charge is -2.34. The summed E-state index contributed by atoms with van der Waals surface area (Å²) in [6, 6.07) is 6.82. The van der Waals surface area contributed by atoms with E-state index in [2.05, 4.69) is 24.5 Å². The van der Waals surface area contributed by atoms with E-state index in [0.29, 0.717) is 30.2 Å². The summed E-state index contributed by atoms with van der Waals surface area (Å²) < 4.78 is 47.2. The number of amides is 1. The maximum absolute atomic E-state index is 12.6. The van der Waals surface area contributed by atoms with E-state index >= 15 is 0 Å². The van der Waals surface area contributed by atoms with Gasteiger partial charge in [-0.1, -0.05) is 5.16 Å². The summed E-state index contributed by atoms with van der Waals surface area (Å²) in [7, 11) is 0. The van der Waals surface area contributed by atoms with Gasteiger partial charge in [-0.25, -0.2) is 4.98 Å². The second kappa shape index (κ2) is 6.33. The number of halogens is 3. The Kier molecular flexibility index (Phi) is 3.86. The van der Waals surface area contributed by atoms with E-state index in [9.17, 15) is 18.0 Å². The molecule has 2 bridgehead atoms. The van der Waals surface area contributed by atoms with Crippen LogP contribution in [0.4, 0.5) is 19.0 Å². The molecule has 8 nitrogen and oxygen atoms in total. The number of carbonyl (C=O) groups excluding carboxylic acids is 1. The van der Waals surface area contributed by atoms with Gasteiger partial charge < -0.3 is 18.7 Å². The zero-order valence-corrected chi connectivity index (χ0v) is 14.8. The third-order valence-electron chi connectivity index (χ3n) is 5.20. The molecule has 2 aliphatic heterocycles. The first kappa shape index (κ1) is 17.7. The Balaban J connectivity index is 1.29. The van der Waals surface area contributed by atoms with E-state index in [0.717, 1.165) is 6.42 Å². The van der Waals surface area contributed by atoms with Gasteiger partial charge in [-0.2, -0.15) is 18.2 Å². The zero-order valence-electron chi connectivity index (χ0n) is 14.8. The number of pyridine rings is 1. The first-order chi connectivity index (χ1) is 13.9. The van der Waals surface area contributed by atoms with Gasteiger partial charge in [-0.05, 0) is 30.7 Å². The summed E-state index contributed by atoms with van der Waals surface area (Å²) in [5.74, 6) is -0.678. The second-order valence-electron chi connectivity index (χ2n) is 6.96. The SMILES string of the molecule is O=C(c1ccco1)N1CC2CC1CN2c1ccc(-c2noc(C(F)(F)F)n2)cn1. The molecule has 29 heavy (non-hydrogen) atoms. The Morgan fingerprint density at radius 2 is 2.03 bits per heavy atom. The third kappa shape index (κ3) is 3.02. The summed E-state index contributed by atoms with van der Waals surface area (Å²) in [5.41, 5.74) is 0.326. The Morgan fingerprint density at radius 3 is 2.62 bits per heavy atom. The normalized spacial score (nSPS) is 21.2. The molecule has 2 atom stereocenters. The summed E-state index contributed by atoms with van der Waals surface area (Å²) in [6.07, 6.45) is -0.971. The predicted octanol–water partition coefficient (Wildman–Crippen LogP) is 2.85. The maximum atomic E-state index is 12.6. The monoisotopic (exact) mass is 405 g/mol. The van der Waals surface area contributed by atoms with Gasteiger partial charge in [-0.3, -0.25) is 4.79 Å². The van der Waals surface area contributed by atoms with E-state index in [1.165, 1.54) is 12.5 Å². The maximum Gasteiger partial charge on any atom is 0.471 e. The van der Waals surface area contributed by atoms with Crippen molar-refractivity contribution in [3.8, 4) is 11.4 Å². The van der Waals surface area contributed by atoms with Gasteiger partial charge in [0.05, 0.1) is 18.3 Å². The van der Waals surface area contributed by atoms with Crippen molar-refractivity contribution in [3.63, 3.8) is 0 Å². The molecule has 0 radical (unpaired) electrons. The first-order valence-corrected chi connectivity index (χ1v) is 8.88. The minimum atomic E-state index is -4.69. The molecule has 0 aliphatic carbocycles. The molecule has 0 saturated carbocycles. The van der Waals surface area contributed by atoms with E-state index in [-0.39, 0.29) is 23.8 Å². The van der Waals surface area contributed by atoms with Crippen LogP contribution in [-0.4, -0.2) is 51.1 Å². The Hall–Kier alpha value is -3.37. The van der Waals surface area contributed by atoms with Crippen molar-refractivity contribution in [3.05, 3.63) is 48.4 Å². The molecule has 2 aliphatic rings. The number of rotatable bonds is 3. The topological polar surface area (TPSA) is 88.5 Å². The highest BCUT2D eigenvalue weighted by Crippen LogP contribution is 2.35. The van der Waals surface area contributed by atoms with Crippen LogP contribution in [0.25, 0.3) is 11.4 Å². The number of likely N-dealkylation sites (tertiary alicyclic amines) is 1. The van der Waals surface area contributed by atoms with Crippen molar-refractivity contribution < 1.29 is 26.9 Å². The average Bonchev–Trinajstić information content (AvgIpc) is 3.50. The highest BCUT2D eigenvalue weighted by molar-refractivity contribution is 5.92. The van der Waals surface area contributed by atoms with Crippen LogP contribution in [0.1, 0.15) is 22.9 Å². The van der Waals surface area contributed by atoms with Crippen molar-refractivity contribution in [2.45, 2.75) is 24.7 Å². The van der Waals surface area contributed by atoms with E-state index < -0.39 is 12.1 Å². The summed E-state index contributed by atoms with van der Waals surface area (Å²) >= 11 is 0. The van der Waals surface area contributed by atoms with Crippen LogP contribution < -0.4 is 4.90 Å². The second-order valence-corrected chi connectivity index (χ2v) is 6.96. The standard InChI is InChI=1S/C18H14F3N5O3/c19-18(20,21)17-23-15(24-29-17)10-3-4-14(22-7-10)25-8-12-6-11(25)9-26(12)16(27)13-2-1-5-28-13/h1-5,7,11-12H,6,8-9H2. The number of hydrogen-bond donors (Lipinski definition) is 0. The van der Waals surface area contributed by atoms with E-state index in [4.69, 9.17) is 4.42 Å². The van der Waals surface area contributed by atoms with Crippen LogP contribution in [0, 0.1) is 0 Å². The molecule has 2 unspecified atom stereocenters. The lowest BCUT2D eigenvalue weighted by Crippen LogP contribution is -2.49. The van der Waals surface area contributed by atoms with Crippen molar-refractivity contribution in [2.24, 2.45) is 0 Å². The fourth-order valence-electron chi connectivity index (χ4n) is 3.88. The largest absolute Gasteiger partial charge is 0.471 e. The number of nitrogens with zero attached hydrogens (tertiary/aromatic N) is 5. The van der Waals surface area contributed by atoms with Gasteiger partial charge in [0.15, 0.2) is 5.76 Å². The lowest BCUT2D eigenvalue weighted by molar-refractivity contribution is -0.159. The first-order valence-electron chi connectivity index (χ1n) is 8.88. The number of aromatic nitrogens is 3. The molecule has 5 rings (SSSR count). The van der Waals surface area contributed by atoms with E-state index in [1.807, 2.05) is 4.90 Å². The van der Waals surface area contributed by atoms with Crippen LogP contribution >= 0.6 is 0 Å². The molecule has 5 heterocycles. The summed E-state index contributed by atoms with van der Waals surface area (Å²) in [4.78, 5) is 24.1. The molecular formula is C18H14F3N5O3. The summed E-state index contributed by atoms with van der Waals surface area (Å²) in [6.45, 7) is 1.19. The molecule has 2 saturated heterocycles. The van der Waals surface area contributed by atoms with Gasteiger partial charge in [0.25, 0.3) is 5.91 Å². The fraction of sp³-hybridized carbons (Fsp3) is 0.333. The number of hydrogen-bond acceptors (Lipinski definition) is 7. The predicted molar refractivity (Wildman–Crippen MR) is 91.8 cm³/mol. The van der Waals surface area contributed by atoms with E-state index in [1.54, 1.807) is 24.3 Å². The summed E-state index contributed by atoms with van der Waals surface area (Å²) in [5, 5.41) is 3.36. The molecule has 11 heteroatoms. The molecular weight excluding hydrogens is 391 g/mol. The Morgan fingerprint density at radius 1 is 1.17 bits per heavy atom. The zero-order chi connectivity index (χ0) is 20.2. The van der Waals surface area contributed by atoms with Crippen LogP contribution in [-0.2, 0) is 6.18 Å². The molecule has 0 spiro atoms. The van der Waals surface area contributed by atoms with Crippen molar-refractivity contribution in [1.82, 2.24) is 20.0 Å². The van der Waals surface area contributed by atoms with Crippen LogP contribution in [0.15, 0.2) is 45.7 Å². The van der Waals surface area contributed by atoms with Gasteiger partial charge >= 0.3 is 12.1 Å². The quantitative estimate of drug-likeness (QED) is 0.662. The number of fused-ring (bicyclic) bond motifs is 2. The molecule has 150 valence electrons. The van der Waals surface area contributed by atoms with Crippen LogP contribution in [0.3, 0.4) is 0 Å². The number of alkyl halides is 3. The highest BCUT2D eigenvalue weighted by Gasteiger charge is 2.46. The number of furan rings is 1. The van der Waals surface area contributed by atoms with Crippen molar-refractivity contribution in [1.29, 1.82) is 0 Å². The van der Waals surface area contributed by atoms with Gasteiger partial charge in [-0.15, -0.1) is 0 Å². The van der Waals surface area contributed by atoms with Crippen molar-refractivity contribution >= 4 is 11.7 Å². The number of anilines is 1. The molecule has 0 N–H and O–H groups in total. The average molecular weight is 405 g/mol. The molecule has 3 aromatic heterocycles. The smallest absolute Gasteiger partial charge is 0.459 e. The van der Waals surface area contributed by atoms with Gasteiger partial charge in [0.1, 0.15) is 5.82 Å². The fourth-order valence-corrected chi connectivity index (χ4v) is 3.88. The van der Waals surface area contributed by atoms with Crippen LogP contribution in [0.5, 0.6) is 0 Å². The molecule has 0 aromatic carbocycles. The van der Waals surface area contributed by atoms with Gasteiger partial charge in [0, 0.05) is 24.8 Å². The van der Waals surface area contributed by atoms with Crippen molar-refractivity contribution in [2.75, 3.05) is 18.0 Å². The number of piperazine rings is 1. The minimum absolute atomic E-state index is 0.0608. The molecule has 3 aromatic rings. The molecule has 1 amide bonds. The Labute approximate surface area is 161 Å².